The van der Waals surface area contributed by atoms with Gasteiger partial charge in [0.25, 0.3) is 5.91 Å². The van der Waals surface area contributed by atoms with Gasteiger partial charge in [0, 0.05) is 17.8 Å². The Labute approximate surface area is 233 Å². The molecular weight excluding hydrogens is 518 g/mol. The van der Waals surface area contributed by atoms with Gasteiger partial charge in [-0.2, -0.15) is 0 Å². The lowest BCUT2D eigenvalue weighted by molar-refractivity contribution is -0.157. The fraction of sp³-hybridized carbons (Fsp3) is 0.419. The zero-order valence-electron chi connectivity index (χ0n) is 23.6. The van der Waals surface area contributed by atoms with Crippen LogP contribution in [0, 0.1) is 11.6 Å². The third kappa shape index (κ3) is 7.76. The molecular formula is C31H38F2N2O5. The van der Waals surface area contributed by atoms with Crippen LogP contribution < -0.4 is 5.73 Å². The number of aromatic nitrogens is 1. The van der Waals surface area contributed by atoms with Crippen LogP contribution in [0.1, 0.15) is 75.9 Å². The molecule has 0 aliphatic carbocycles. The van der Waals surface area contributed by atoms with E-state index in [0.717, 1.165) is 0 Å². The number of benzene rings is 2. The summed E-state index contributed by atoms with van der Waals surface area (Å²) in [5.74, 6) is -2.28. The van der Waals surface area contributed by atoms with E-state index in [2.05, 4.69) is 0 Å². The fourth-order valence-corrected chi connectivity index (χ4v) is 4.89. The van der Waals surface area contributed by atoms with Gasteiger partial charge in [-0.15, -0.1) is 0 Å². The van der Waals surface area contributed by atoms with Gasteiger partial charge in [-0.3, -0.25) is 9.59 Å². The minimum Gasteiger partial charge on any atom is -0.460 e. The van der Waals surface area contributed by atoms with Crippen LogP contribution in [0.3, 0.4) is 0 Å². The molecule has 7 nitrogen and oxygen atoms in total. The first-order chi connectivity index (χ1) is 18.7. The van der Waals surface area contributed by atoms with Gasteiger partial charge in [-0.25, -0.2) is 8.78 Å². The summed E-state index contributed by atoms with van der Waals surface area (Å²) in [5.41, 5.74) is 8.33. The van der Waals surface area contributed by atoms with Crippen molar-refractivity contribution in [3.63, 3.8) is 0 Å². The molecule has 1 amide bonds. The maximum absolute atomic E-state index is 13.9. The van der Waals surface area contributed by atoms with Gasteiger partial charge >= 0.3 is 5.97 Å². The molecule has 216 valence electrons. The molecule has 0 saturated carbocycles. The molecule has 1 heterocycles. The molecule has 40 heavy (non-hydrogen) atoms. The Morgan fingerprint density at radius 3 is 1.93 bits per heavy atom. The maximum atomic E-state index is 13.9. The minimum absolute atomic E-state index is 0.0586. The second-order valence-electron chi connectivity index (χ2n) is 11.3. The number of aliphatic hydroxyl groups excluding tert-OH is 2. The summed E-state index contributed by atoms with van der Waals surface area (Å²) in [6, 6.07) is 11.5. The summed E-state index contributed by atoms with van der Waals surface area (Å²) in [6.45, 7) is 9.23. The highest BCUT2D eigenvalue weighted by molar-refractivity contribution is 6.05. The van der Waals surface area contributed by atoms with Gasteiger partial charge < -0.3 is 25.3 Å². The van der Waals surface area contributed by atoms with E-state index in [9.17, 15) is 28.6 Å². The van der Waals surface area contributed by atoms with Crippen LogP contribution >= 0.6 is 0 Å². The summed E-state index contributed by atoms with van der Waals surface area (Å²) in [7, 11) is 0. The molecule has 0 saturated heterocycles. The molecule has 0 spiro atoms. The van der Waals surface area contributed by atoms with Gasteiger partial charge in [0.1, 0.15) is 17.2 Å². The van der Waals surface area contributed by atoms with Crippen LogP contribution in [-0.2, 0) is 16.1 Å². The zero-order chi connectivity index (χ0) is 29.8. The molecule has 0 aliphatic heterocycles. The largest absolute Gasteiger partial charge is 0.460 e. The van der Waals surface area contributed by atoms with Crippen LogP contribution in [-0.4, -0.2) is 44.5 Å². The molecule has 4 N–H and O–H groups in total. The standard InChI is InChI=1S/C31H38F2N2O5/c1-18(2)28-27(30(34)39)26(19-6-10-21(32)11-7-19)29(20-8-12-22(33)13-9-20)35(28)15-14-23(36)16-24(37)17-25(38)40-31(3,4)5/h6-13,18,23-24,36-37H,14-17H2,1-5H3,(H2,34,39). The minimum atomic E-state index is -1.10. The summed E-state index contributed by atoms with van der Waals surface area (Å²) in [4.78, 5) is 24.9. The van der Waals surface area contributed by atoms with Crippen LogP contribution in [0.2, 0.25) is 0 Å². The van der Waals surface area contributed by atoms with Crippen molar-refractivity contribution in [2.75, 3.05) is 0 Å². The maximum Gasteiger partial charge on any atom is 0.308 e. The van der Waals surface area contributed by atoms with E-state index < -0.39 is 41.3 Å². The first kappa shape index (κ1) is 31.0. The number of nitrogens with two attached hydrogens (primary N) is 1. The number of primary amides is 1. The van der Waals surface area contributed by atoms with E-state index in [1.807, 2.05) is 18.4 Å². The van der Waals surface area contributed by atoms with Gasteiger partial charge in [0.2, 0.25) is 0 Å². The molecule has 0 radical (unpaired) electrons. The molecule has 0 fully saturated rings. The topological polar surface area (TPSA) is 115 Å². The number of esters is 1. The van der Waals surface area contributed by atoms with Crippen LogP contribution in [0.4, 0.5) is 8.78 Å². The van der Waals surface area contributed by atoms with Crippen LogP contribution in [0.5, 0.6) is 0 Å². The molecule has 9 heteroatoms. The Hall–Kier alpha value is -3.56. The zero-order valence-corrected chi connectivity index (χ0v) is 23.6. The normalized spacial score (nSPS) is 13.3. The molecule has 0 bridgehead atoms. The van der Waals surface area contributed by atoms with Gasteiger partial charge in [-0.1, -0.05) is 26.0 Å². The monoisotopic (exact) mass is 556 g/mol. The van der Waals surface area contributed by atoms with E-state index in [4.69, 9.17) is 10.5 Å². The number of hydrogen-bond acceptors (Lipinski definition) is 5. The average Bonchev–Trinajstić information content (AvgIpc) is 3.18. The lowest BCUT2D eigenvalue weighted by Crippen LogP contribution is -2.28. The van der Waals surface area contributed by atoms with Crippen molar-refractivity contribution < 1.29 is 33.3 Å². The van der Waals surface area contributed by atoms with E-state index >= 15 is 0 Å². The quantitative estimate of drug-likeness (QED) is 0.268. The Morgan fingerprint density at radius 2 is 1.45 bits per heavy atom. The predicted molar refractivity (Wildman–Crippen MR) is 150 cm³/mol. The number of rotatable bonds is 11. The second kappa shape index (κ2) is 12.7. The molecule has 2 unspecified atom stereocenters. The molecule has 2 aromatic carbocycles. The third-order valence-corrected chi connectivity index (χ3v) is 6.40. The lowest BCUT2D eigenvalue weighted by Gasteiger charge is -2.22. The Kier molecular flexibility index (Phi) is 9.87. The van der Waals surface area contributed by atoms with Crippen molar-refractivity contribution in [2.45, 2.75) is 84.2 Å². The second-order valence-corrected chi connectivity index (χ2v) is 11.3. The summed E-state index contributed by atoms with van der Waals surface area (Å²) < 4.78 is 34.8. The van der Waals surface area contributed by atoms with Gasteiger partial charge in [0.15, 0.2) is 0 Å². The Bertz CT molecular complexity index is 1330. The highest BCUT2D eigenvalue weighted by Gasteiger charge is 2.30. The molecule has 2 atom stereocenters. The highest BCUT2D eigenvalue weighted by atomic mass is 19.1. The summed E-state index contributed by atoms with van der Waals surface area (Å²) in [5, 5.41) is 21.2. The smallest absolute Gasteiger partial charge is 0.308 e. The van der Waals surface area contributed by atoms with E-state index in [-0.39, 0.29) is 37.3 Å². The molecule has 1 aromatic heterocycles. The number of aliphatic hydroxyl groups is 2. The van der Waals surface area contributed by atoms with Crippen molar-refractivity contribution in [1.29, 1.82) is 0 Å². The van der Waals surface area contributed by atoms with E-state index in [0.29, 0.717) is 28.1 Å². The predicted octanol–water partition coefficient (Wildman–Crippen LogP) is 5.56. The lowest BCUT2D eigenvalue weighted by atomic mass is 9.94. The van der Waals surface area contributed by atoms with Crippen molar-refractivity contribution in [3.8, 4) is 22.4 Å². The van der Waals surface area contributed by atoms with Crippen molar-refractivity contribution >= 4 is 11.9 Å². The fourth-order valence-electron chi connectivity index (χ4n) is 4.89. The van der Waals surface area contributed by atoms with Gasteiger partial charge in [-0.05, 0) is 87.1 Å². The molecule has 3 aromatic rings. The molecule has 0 aliphatic rings. The van der Waals surface area contributed by atoms with E-state index in [1.54, 1.807) is 45.0 Å². The first-order valence-corrected chi connectivity index (χ1v) is 13.3. The number of amides is 1. The average molecular weight is 557 g/mol. The van der Waals surface area contributed by atoms with Crippen molar-refractivity contribution in [2.24, 2.45) is 5.73 Å². The van der Waals surface area contributed by atoms with Gasteiger partial charge in [0.05, 0.1) is 29.9 Å². The number of halogens is 2. The van der Waals surface area contributed by atoms with Crippen molar-refractivity contribution in [1.82, 2.24) is 4.57 Å². The van der Waals surface area contributed by atoms with E-state index in [1.165, 1.54) is 24.3 Å². The first-order valence-electron chi connectivity index (χ1n) is 13.3. The summed E-state index contributed by atoms with van der Waals surface area (Å²) in [6.07, 6.45) is -2.22. The number of hydrogen-bond donors (Lipinski definition) is 3. The number of carbonyl (C=O) groups is 2. The third-order valence-electron chi connectivity index (χ3n) is 6.40. The number of carbonyl (C=O) groups excluding carboxylic acids is 2. The molecule has 3 rings (SSSR count). The highest BCUT2D eigenvalue weighted by Crippen LogP contribution is 2.42. The van der Waals surface area contributed by atoms with Crippen LogP contribution in [0.15, 0.2) is 48.5 Å². The van der Waals surface area contributed by atoms with Crippen LogP contribution in [0.25, 0.3) is 22.4 Å². The Morgan fingerprint density at radius 1 is 0.925 bits per heavy atom. The number of nitrogens with zero attached hydrogens (tertiary/aromatic N) is 1. The number of ether oxygens (including phenoxy) is 1. The summed E-state index contributed by atoms with van der Waals surface area (Å²) >= 11 is 0. The van der Waals surface area contributed by atoms with Crippen molar-refractivity contribution in [3.05, 3.63) is 71.4 Å². The Balaban J connectivity index is 2.03. The SMILES string of the molecule is CC(C)c1c(C(N)=O)c(-c2ccc(F)cc2)c(-c2ccc(F)cc2)n1CCC(O)CC(O)CC(=O)OC(C)(C)C.